The molecule has 2 atom stereocenters. The van der Waals surface area contributed by atoms with E-state index in [4.69, 9.17) is 9.47 Å². The highest BCUT2D eigenvalue weighted by atomic mass is 32.2. The molecule has 0 spiro atoms. The molecule has 8 rings (SSSR count). The molecule has 0 saturated heterocycles. The molecule has 4 aromatic carbocycles. The van der Waals surface area contributed by atoms with Gasteiger partial charge in [0.1, 0.15) is 32.8 Å². The Bertz CT molecular complexity index is 3660. The molecule has 24 heteroatoms. The highest BCUT2D eigenvalue weighted by Gasteiger charge is 2.25. The maximum atomic E-state index is 14.3. The van der Waals surface area contributed by atoms with Crippen LogP contribution in [0.3, 0.4) is 0 Å². The first-order valence-electron chi connectivity index (χ1n) is 23.2. The van der Waals surface area contributed by atoms with E-state index in [1.807, 2.05) is 0 Å². The number of nitrogens with one attached hydrogen (secondary N) is 4. The number of benzene rings is 4. The first-order valence-corrected chi connectivity index (χ1v) is 26.1. The summed E-state index contributed by atoms with van der Waals surface area (Å²) >= 11 is 0. The van der Waals surface area contributed by atoms with Crippen molar-refractivity contribution in [3.8, 4) is 34.0 Å². The number of hydrogen-bond acceptors (Lipinski definition) is 14. The van der Waals surface area contributed by atoms with Crippen LogP contribution in [-0.2, 0) is 42.7 Å². The van der Waals surface area contributed by atoms with Crippen molar-refractivity contribution in [3.05, 3.63) is 153 Å². The lowest BCUT2D eigenvalue weighted by Gasteiger charge is -2.14. The van der Waals surface area contributed by atoms with Crippen molar-refractivity contribution in [2.45, 2.75) is 50.6 Å². The monoisotopic (exact) mass is 1080 g/mol. The third kappa shape index (κ3) is 12.1. The molecule has 0 radical (unpaired) electrons. The molecule has 0 aliphatic rings. The third-order valence-corrected chi connectivity index (χ3v) is 14.7. The Balaban J connectivity index is 0.000000221. The van der Waals surface area contributed by atoms with Crippen molar-refractivity contribution >= 4 is 65.0 Å². The molecule has 0 saturated carbocycles. The normalized spacial score (nSPS) is 12.2. The van der Waals surface area contributed by atoms with E-state index in [0.717, 1.165) is 12.1 Å². The average molecular weight is 1080 g/mol. The fourth-order valence-corrected chi connectivity index (χ4v) is 10.3. The summed E-state index contributed by atoms with van der Waals surface area (Å²) in [6.45, 7) is 7.03. The zero-order valence-corrected chi connectivity index (χ0v) is 43.9. The van der Waals surface area contributed by atoms with Gasteiger partial charge in [-0.15, -0.1) is 0 Å². The second-order valence-electron chi connectivity index (χ2n) is 17.5. The molecule has 0 unspecified atom stereocenters. The summed E-state index contributed by atoms with van der Waals surface area (Å²) in [5.74, 6) is -3.10. The lowest BCUT2D eigenvalue weighted by molar-refractivity contribution is -0.125. The predicted octanol–water partition coefficient (Wildman–Crippen LogP) is 6.20. The summed E-state index contributed by atoms with van der Waals surface area (Å²) in [4.78, 5) is 66.2. The number of carbonyl (C=O) groups excluding carboxylic acids is 2. The van der Waals surface area contributed by atoms with Crippen molar-refractivity contribution in [2.24, 2.45) is 11.8 Å². The van der Waals surface area contributed by atoms with Gasteiger partial charge in [-0.25, -0.2) is 45.6 Å². The number of aromatic nitrogens is 6. The molecule has 0 aliphatic heterocycles. The Morgan fingerprint density at radius 3 is 1.30 bits per heavy atom. The lowest BCUT2D eigenvalue weighted by atomic mass is 10.0. The molecule has 4 heterocycles. The summed E-state index contributed by atoms with van der Waals surface area (Å²) < 4.78 is 98.5. The summed E-state index contributed by atoms with van der Waals surface area (Å²) in [6.07, 6.45) is 5.73. The number of hydrogen-bond donors (Lipinski definition) is 4. The van der Waals surface area contributed by atoms with Gasteiger partial charge < -0.3 is 20.1 Å². The molecular formula is C52H52F2N10O10S2. The highest BCUT2D eigenvalue weighted by Crippen LogP contribution is 2.33. The number of rotatable bonds is 16. The SMILES string of the molecule is CNC(=O)[C@@H](C)Cn1cnc2ccc(-c3cnc(OC)c(NS(=O)(=O)c4cc(C)ccc4F)c3)cc2c1=O.CNC(=O)[C@H](C)Cn1cnc2ccc(-c3cnc(OC)c(NS(=O)(=O)c4cc(C)ccc4F)c3)cc2c1=O. The van der Waals surface area contributed by atoms with Gasteiger partial charge in [0.15, 0.2) is 0 Å². The van der Waals surface area contributed by atoms with Crippen LogP contribution in [0.2, 0.25) is 0 Å². The fraction of sp³-hybridized carbons (Fsp3) is 0.231. The number of carbonyl (C=O) groups is 2. The second kappa shape index (κ2) is 22.9. The van der Waals surface area contributed by atoms with Crippen molar-refractivity contribution < 1.29 is 44.7 Å². The number of aryl methyl sites for hydroxylation is 2. The van der Waals surface area contributed by atoms with Crippen molar-refractivity contribution in [1.82, 2.24) is 39.7 Å². The Labute approximate surface area is 435 Å². The maximum Gasteiger partial charge on any atom is 0.265 e. The summed E-state index contributed by atoms with van der Waals surface area (Å²) in [6, 6.07) is 20.5. The van der Waals surface area contributed by atoms with Crippen LogP contribution >= 0.6 is 0 Å². The lowest BCUT2D eigenvalue weighted by Crippen LogP contribution is -2.32. The standard InChI is InChI=1S/2C26H26FN5O5S/c2*1-15-5-7-20(27)23(9-15)38(35,36)31-22-11-18(12-29-25(22)37-4)17-6-8-21-19(10-17)26(34)32(14-30-21)13-16(2)24(33)28-3/h2*5-12,14,16,31H,13H2,1-4H3,(H,28,33)/t2*16-/m10/s1. The van der Waals surface area contributed by atoms with Crippen LogP contribution < -0.4 is 40.7 Å². The number of anilines is 2. The highest BCUT2D eigenvalue weighted by molar-refractivity contribution is 7.93. The first kappa shape index (κ1) is 55.1. The molecule has 76 heavy (non-hydrogen) atoms. The zero-order chi connectivity index (χ0) is 55.2. The number of ether oxygens (including phenoxy) is 2. The molecule has 0 aliphatic carbocycles. The molecular weight excluding hydrogens is 1030 g/mol. The molecule has 0 bridgehead atoms. The van der Waals surface area contributed by atoms with Crippen LogP contribution in [0.15, 0.2) is 129 Å². The summed E-state index contributed by atoms with van der Waals surface area (Å²) in [5, 5.41) is 5.74. The van der Waals surface area contributed by atoms with E-state index in [9.17, 15) is 44.8 Å². The number of amides is 2. The third-order valence-electron chi connectivity index (χ3n) is 12.0. The molecule has 8 aromatic rings. The van der Waals surface area contributed by atoms with Crippen LogP contribution in [0.5, 0.6) is 11.8 Å². The van der Waals surface area contributed by atoms with Crippen LogP contribution in [0.25, 0.3) is 44.1 Å². The molecule has 0 fully saturated rings. The number of nitrogens with zero attached hydrogens (tertiary/aromatic N) is 6. The van der Waals surface area contributed by atoms with Gasteiger partial charge in [0, 0.05) is 50.7 Å². The van der Waals surface area contributed by atoms with E-state index in [1.54, 1.807) is 64.1 Å². The van der Waals surface area contributed by atoms with Crippen LogP contribution in [0.1, 0.15) is 25.0 Å². The predicted molar refractivity (Wildman–Crippen MR) is 282 cm³/mol. The van der Waals surface area contributed by atoms with Gasteiger partial charge in [-0.05, 0) is 96.8 Å². The van der Waals surface area contributed by atoms with Crippen molar-refractivity contribution in [2.75, 3.05) is 37.8 Å². The van der Waals surface area contributed by atoms with Gasteiger partial charge in [0.05, 0.1) is 60.5 Å². The molecule has 396 valence electrons. The molecule has 2 amide bonds. The van der Waals surface area contributed by atoms with E-state index < -0.39 is 53.3 Å². The Morgan fingerprint density at radius 1 is 0.566 bits per heavy atom. The van der Waals surface area contributed by atoms with Gasteiger partial charge in [-0.3, -0.25) is 37.8 Å². The number of sulfonamides is 2. The Hall–Kier alpha value is -8.64. The van der Waals surface area contributed by atoms with Gasteiger partial charge in [0.25, 0.3) is 31.2 Å². The first-order chi connectivity index (χ1) is 36.1. The molecule has 20 nitrogen and oxygen atoms in total. The fourth-order valence-electron chi connectivity index (χ4n) is 7.91. The second-order valence-corrected chi connectivity index (χ2v) is 20.8. The Kier molecular flexibility index (Phi) is 16.6. The Morgan fingerprint density at radius 2 is 0.947 bits per heavy atom. The minimum Gasteiger partial charge on any atom is -0.480 e. The smallest absolute Gasteiger partial charge is 0.265 e. The minimum absolute atomic E-state index is 0.00555. The summed E-state index contributed by atoms with van der Waals surface area (Å²) in [7, 11) is -2.90. The number of methoxy groups -OCH3 is 2. The maximum absolute atomic E-state index is 14.3. The van der Waals surface area contributed by atoms with Crippen LogP contribution in [0.4, 0.5) is 20.2 Å². The number of pyridine rings is 2. The van der Waals surface area contributed by atoms with Gasteiger partial charge in [-0.1, -0.05) is 38.1 Å². The van der Waals surface area contributed by atoms with Gasteiger partial charge in [-0.2, -0.15) is 0 Å². The topological polar surface area (TPSA) is 265 Å². The van der Waals surface area contributed by atoms with Crippen molar-refractivity contribution in [3.63, 3.8) is 0 Å². The van der Waals surface area contributed by atoms with E-state index in [-0.39, 0.29) is 59.2 Å². The van der Waals surface area contributed by atoms with Crippen LogP contribution in [-0.4, -0.2) is 86.0 Å². The van der Waals surface area contributed by atoms with Gasteiger partial charge in [0.2, 0.25) is 23.6 Å². The largest absolute Gasteiger partial charge is 0.480 e. The van der Waals surface area contributed by atoms with Gasteiger partial charge >= 0.3 is 0 Å². The number of fused-ring (bicyclic) bond motifs is 2. The quantitative estimate of drug-likeness (QED) is 0.0841. The van der Waals surface area contributed by atoms with E-state index in [1.165, 1.54) is 98.9 Å². The zero-order valence-electron chi connectivity index (χ0n) is 42.3. The van der Waals surface area contributed by atoms with Crippen LogP contribution in [0, 0.1) is 37.3 Å². The van der Waals surface area contributed by atoms with E-state index in [2.05, 4.69) is 40.0 Å². The number of halogens is 2. The minimum atomic E-state index is -4.31. The molecule has 4 aromatic heterocycles. The van der Waals surface area contributed by atoms with E-state index >= 15 is 0 Å². The van der Waals surface area contributed by atoms with E-state index in [0.29, 0.717) is 55.2 Å². The average Bonchev–Trinajstić information content (AvgIpc) is 3.41. The summed E-state index contributed by atoms with van der Waals surface area (Å²) in [5.41, 5.74) is 3.47. The van der Waals surface area contributed by atoms with Crippen molar-refractivity contribution in [1.29, 1.82) is 0 Å². The molecule has 4 N–H and O–H groups in total.